The van der Waals surface area contributed by atoms with Crippen molar-refractivity contribution in [1.82, 2.24) is 4.90 Å². The molecule has 2 aromatic rings. The molecule has 0 unspecified atom stereocenters. The number of hydrogen-bond acceptors (Lipinski definition) is 2. The molecule has 2 aromatic carbocycles. The predicted molar refractivity (Wildman–Crippen MR) is 87.8 cm³/mol. The molecule has 0 bridgehead atoms. The Hall–Kier alpha value is -1.62. The number of nitrogens with one attached hydrogen (secondary N) is 1. The van der Waals surface area contributed by atoms with Crippen LogP contribution < -0.4 is 5.32 Å². The fraction of sp³-hybridized carbons (Fsp3) is 0.188. The van der Waals surface area contributed by atoms with Crippen molar-refractivity contribution >= 4 is 34.8 Å². The van der Waals surface area contributed by atoms with Crippen LogP contribution in [0.4, 0.5) is 10.1 Å². The van der Waals surface area contributed by atoms with Crippen LogP contribution in [0.15, 0.2) is 42.5 Å². The molecule has 0 saturated carbocycles. The van der Waals surface area contributed by atoms with Crippen LogP contribution in [-0.4, -0.2) is 24.4 Å². The standard InChI is InChI=1S/C16H15Cl2FN2O/c1-21(9-13-14(18)6-3-7-15(13)19)10-16(22)20-12-5-2-4-11(17)8-12/h2-8H,9-10H2,1H3,(H,20,22). The van der Waals surface area contributed by atoms with Crippen LogP contribution in [0.1, 0.15) is 5.56 Å². The van der Waals surface area contributed by atoms with E-state index in [1.165, 1.54) is 6.07 Å². The fourth-order valence-electron chi connectivity index (χ4n) is 2.02. The number of hydrogen-bond donors (Lipinski definition) is 1. The third-order valence-electron chi connectivity index (χ3n) is 3.01. The highest BCUT2D eigenvalue weighted by atomic mass is 35.5. The molecule has 3 nitrogen and oxygen atoms in total. The summed E-state index contributed by atoms with van der Waals surface area (Å²) in [6, 6.07) is 11.4. The van der Waals surface area contributed by atoms with Gasteiger partial charge >= 0.3 is 0 Å². The Bertz CT molecular complexity index is 659. The molecule has 0 radical (unpaired) electrons. The second-order valence-corrected chi connectivity index (χ2v) is 5.77. The summed E-state index contributed by atoms with van der Waals surface area (Å²) in [5, 5.41) is 3.63. The zero-order valence-corrected chi connectivity index (χ0v) is 13.5. The Morgan fingerprint density at radius 2 is 1.95 bits per heavy atom. The summed E-state index contributed by atoms with van der Waals surface area (Å²) in [6.45, 7) is 0.353. The minimum Gasteiger partial charge on any atom is -0.325 e. The van der Waals surface area contributed by atoms with E-state index in [0.29, 0.717) is 21.3 Å². The highest BCUT2D eigenvalue weighted by molar-refractivity contribution is 6.31. The largest absolute Gasteiger partial charge is 0.325 e. The van der Waals surface area contributed by atoms with Gasteiger partial charge in [0.25, 0.3) is 0 Å². The van der Waals surface area contributed by atoms with Gasteiger partial charge in [0.2, 0.25) is 5.91 Å². The highest BCUT2D eigenvalue weighted by Gasteiger charge is 2.12. The number of likely N-dealkylation sites (N-methyl/N-ethyl adjacent to an activating group) is 1. The highest BCUT2D eigenvalue weighted by Crippen LogP contribution is 2.20. The molecular weight excluding hydrogens is 326 g/mol. The van der Waals surface area contributed by atoms with Crippen molar-refractivity contribution in [1.29, 1.82) is 0 Å². The smallest absolute Gasteiger partial charge is 0.238 e. The Morgan fingerprint density at radius 3 is 2.64 bits per heavy atom. The van der Waals surface area contributed by atoms with Gasteiger partial charge < -0.3 is 5.32 Å². The van der Waals surface area contributed by atoms with Crippen LogP contribution >= 0.6 is 23.2 Å². The number of benzene rings is 2. The van der Waals surface area contributed by atoms with Gasteiger partial charge in [0.1, 0.15) is 5.82 Å². The van der Waals surface area contributed by atoms with Gasteiger partial charge in [0.05, 0.1) is 6.54 Å². The molecule has 0 atom stereocenters. The van der Waals surface area contributed by atoms with E-state index in [9.17, 15) is 9.18 Å². The molecule has 0 heterocycles. The minimum absolute atomic E-state index is 0.108. The monoisotopic (exact) mass is 340 g/mol. The van der Waals surface area contributed by atoms with Crippen LogP contribution in [0.25, 0.3) is 0 Å². The minimum atomic E-state index is -0.380. The molecule has 6 heteroatoms. The molecule has 1 amide bonds. The van der Waals surface area contributed by atoms with Crippen molar-refractivity contribution < 1.29 is 9.18 Å². The van der Waals surface area contributed by atoms with Gasteiger partial charge in [0.15, 0.2) is 0 Å². The van der Waals surface area contributed by atoms with E-state index in [-0.39, 0.29) is 24.8 Å². The Morgan fingerprint density at radius 1 is 1.23 bits per heavy atom. The van der Waals surface area contributed by atoms with E-state index in [1.54, 1.807) is 48.3 Å². The third kappa shape index (κ3) is 4.70. The van der Waals surface area contributed by atoms with Gasteiger partial charge in [-0.1, -0.05) is 35.3 Å². The number of anilines is 1. The molecule has 2 rings (SSSR count). The molecular formula is C16H15Cl2FN2O. The Labute approximate surface area is 138 Å². The SMILES string of the molecule is CN(CC(=O)Nc1cccc(Cl)c1)Cc1c(F)cccc1Cl. The first kappa shape index (κ1) is 16.7. The summed E-state index contributed by atoms with van der Waals surface area (Å²) in [5.41, 5.74) is 0.997. The first-order chi connectivity index (χ1) is 10.5. The topological polar surface area (TPSA) is 32.3 Å². The van der Waals surface area contributed by atoms with Gasteiger partial charge in [-0.15, -0.1) is 0 Å². The average molecular weight is 341 g/mol. The summed E-state index contributed by atoms with van der Waals surface area (Å²) in [7, 11) is 1.72. The van der Waals surface area contributed by atoms with Crippen LogP contribution in [0, 0.1) is 5.82 Å². The lowest BCUT2D eigenvalue weighted by Gasteiger charge is -2.17. The van der Waals surface area contributed by atoms with E-state index in [1.807, 2.05) is 0 Å². The zero-order valence-electron chi connectivity index (χ0n) is 11.9. The quantitative estimate of drug-likeness (QED) is 0.884. The van der Waals surface area contributed by atoms with Gasteiger partial charge in [-0.25, -0.2) is 4.39 Å². The van der Waals surface area contributed by atoms with Crippen molar-refractivity contribution in [3.63, 3.8) is 0 Å². The van der Waals surface area contributed by atoms with Crippen molar-refractivity contribution in [3.8, 4) is 0 Å². The van der Waals surface area contributed by atoms with Crippen molar-refractivity contribution in [3.05, 3.63) is 63.9 Å². The lowest BCUT2D eigenvalue weighted by atomic mass is 10.2. The van der Waals surface area contributed by atoms with Crippen LogP contribution in [0.3, 0.4) is 0 Å². The van der Waals surface area contributed by atoms with Gasteiger partial charge in [-0.05, 0) is 37.4 Å². The van der Waals surface area contributed by atoms with E-state index < -0.39 is 0 Å². The second-order valence-electron chi connectivity index (χ2n) is 4.93. The molecule has 0 aliphatic rings. The number of amides is 1. The lowest BCUT2D eigenvalue weighted by molar-refractivity contribution is -0.117. The number of rotatable bonds is 5. The van der Waals surface area contributed by atoms with E-state index in [0.717, 1.165) is 0 Å². The molecule has 0 aromatic heterocycles. The fourth-order valence-corrected chi connectivity index (χ4v) is 2.43. The van der Waals surface area contributed by atoms with Crippen molar-refractivity contribution in [2.45, 2.75) is 6.54 Å². The molecule has 0 saturated heterocycles. The summed E-state index contributed by atoms with van der Waals surface area (Å²) in [5.74, 6) is -0.591. The lowest BCUT2D eigenvalue weighted by Crippen LogP contribution is -2.30. The van der Waals surface area contributed by atoms with Crippen LogP contribution in [-0.2, 0) is 11.3 Å². The molecule has 0 spiro atoms. The van der Waals surface area contributed by atoms with Crippen molar-refractivity contribution in [2.24, 2.45) is 0 Å². The van der Waals surface area contributed by atoms with Crippen LogP contribution in [0.5, 0.6) is 0 Å². The van der Waals surface area contributed by atoms with E-state index in [2.05, 4.69) is 5.32 Å². The Balaban J connectivity index is 1.94. The maximum Gasteiger partial charge on any atom is 0.238 e. The number of nitrogens with zero attached hydrogens (tertiary/aromatic N) is 1. The van der Waals surface area contributed by atoms with E-state index >= 15 is 0 Å². The van der Waals surface area contributed by atoms with Gasteiger partial charge in [-0.3, -0.25) is 9.69 Å². The normalized spacial score (nSPS) is 10.8. The molecule has 22 heavy (non-hydrogen) atoms. The second kappa shape index (κ2) is 7.58. The maximum absolute atomic E-state index is 13.7. The molecule has 0 aliphatic heterocycles. The summed E-state index contributed by atoms with van der Waals surface area (Å²) < 4.78 is 13.7. The number of carbonyl (C=O) groups excluding carboxylic acids is 1. The van der Waals surface area contributed by atoms with Gasteiger partial charge in [-0.2, -0.15) is 0 Å². The molecule has 1 N–H and O–H groups in total. The summed E-state index contributed by atoms with van der Waals surface area (Å²) in [6.07, 6.45) is 0. The molecule has 0 fully saturated rings. The molecule has 116 valence electrons. The van der Waals surface area contributed by atoms with Gasteiger partial charge in [0, 0.05) is 27.8 Å². The average Bonchev–Trinajstić information content (AvgIpc) is 2.43. The first-order valence-corrected chi connectivity index (χ1v) is 7.38. The summed E-state index contributed by atoms with van der Waals surface area (Å²) >= 11 is 11.8. The number of carbonyl (C=O) groups is 1. The molecule has 0 aliphatic carbocycles. The first-order valence-electron chi connectivity index (χ1n) is 6.62. The van der Waals surface area contributed by atoms with E-state index in [4.69, 9.17) is 23.2 Å². The number of halogens is 3. The van der Waals surface area contributed by atoms with Crippen LogP contribution in [0.2, 0.25) is 10.0 Å². The third-order valence-corrected chi connectivity index (χ3v) is 3.60. The summed E-state index contributed by atoms with van der Waals surface area (Å²) in [4.78, 5) is 13.7. The predicted octanol–water partition coefficient (Wildman–Crippen LogP) is 4.20. The maximum atomic E-state index is 13.7. The Kier molecular flexibility index (Phi) is 5.77. The van der Waals surface area contributed by atoms with Crippen molar-refractivity contribution in [2.75, 3.05) is 18.9 Å². The zero-order chi connectivity index (χ0) is 16.1.